The molecule has 0 aliphatic rings. The second-order valence-electron chi connectivity index (χ2n) is 5.06. The van der Waals surface area contributed by atoms with Crippen molar-refractivity contribution in [3.63, 3.8) is 0 Å². The minimum Gasteiger partial charge on any atom is -0.321 e. The van der Waals surface area contributed by atoms with Gasteiger partial charge in [0.15, 0.2) is 0 Å². The van der Waals surface area contributed by atoms with Crippen LogP contribution in [-0.4, -0.2) is 15.8 Å². The van der Waals surface area contributed by atoms with Crippen LogP contribution in [0.15, 0.2) is 54.6 Å². The Bertz CT molecular complexity index is 906. The van der Waals surface area contributed by atoms with E-state index in [1.807, 2.05) is 18.2 Å². The Morgan fingerprint density at radius 1 is 1.17 bits per heavy atom. The molecule has 0 radical (unpaired) electrons. The van der Waals surface area contributed by atoms with Gasteiger partial charge in [-0.1, -0.05) is 30.3 Å². The normalized spacial score (nSPS) is 10.4. The van der Waals surface area contributed by atoms with E-state index < -0.39 is 4.92 Å². The number of nitrogens with one attached hydrogen (secondary N) is 1. The first-order valence-corrected chi connectivity index (χ1v) is 7.95. The van der Waals surface area contributed by atoms with Gasteiger partial charge in [0.25, 0.3) is 11.6 Å². The molecule has 0 saturated heterocycles. The molecule has 7 heteroatoms. The molecule has 0 aliphatic heterocycles. The molecule has 2 aromatic carbocycles. The van der Waals surface area contributed by atoms with E-state index in [4.69, 9.17) is 0 Å². The van der Waals surface area contributed by atoms with Crippen LogP contribution in [-0.2, 0) is 0 Å². The van der Waals surface area contributed by atoms with Crippen molar-refractivity contribution >= 4 is 28.6 Å². The number of nitro benzene ring substituents is 1. The number of aryl methyl sites for hydroxylation is 1. The number of amides is 1. The molecule has 1 aromatic heterocycles. The van der Waals surface area contributed by atoms with E-state index in [1.165, 1.54) is 23.5 Å². The summed E-state index contributed by atoms with van der Waals surface area (Å²) in [5.74, 6) is -0.243. The van der Waals surface area contributed by atoms with Crippen molar-refractivity contribution in [1.82, 2.24) is 4.98 Å². The highest BCUT2D eigenvalue weighted by atomic mass is 32.1. The fourth-order valence-corrected chi connectivity index (χ4v) is 3.15. The zero-order chi connectivity index (χ0) is 17.1. The molecule has 1 amide bonds. The number of hydrogen-bond donors (Lipinski definition) is 1. The smallest absolute Gasteiger partial charge is 0.270 e. The van der Waals surface area contributed by atoms with E-state index in [1.54, 1.807) is 31.2 Å². The maximum atomic E-state index is 12.4. The van der Waals surface area contributed by atoms with Crippen LogP contribution in [0.25, 0.3) is 10.6 Å². The fourth-order valence-electron chi connectivity index (χ4n) is 2.19. The van der Waals surface area contributed by atoms with Crippen LogP contribution in [0, 0.1) is 17.0 Å². The quantitative estimate of drug-likeness (QED) is 0.568. The lowest BCUT2D eigenvalue weighted by Gasteiger charge is -2.02. The molecule has 1 heterocycles. The van der Waals surface area contributed by atoms with Gasteiger partial charge in [-0.15, -0.1) is 11.3 Å². The first-order valence-electron chi connectivity index (χ1n) is 7.13. The Hall–Kier alpha value is -3.06. The van der Waals surface area contributed by atoms with Gasteiger partial charge in [0.1, 0.15) is 9.88 Å². The minimum atomic E-state index is -0.451. The number of aromatic nitrogens is 1. The number of carbonyl (C=O) groups is 1. The van der Waals surface area contributed by atoms with Gasteiger partial charge >= 0.3 is 0 Å². The summed E-state index contributed by atoms with van der Waals surface area (Å²) in [4.78, 5) is 27.7. The summed E-state index contributed by atoms with van der Waals surface area (Å²) in [7, 11) is 0. The average molecular weight is 339 g/mol. The van der Waals surface area contributed by atoms with Gasteiger partial charge in [-0.3, -0.25) is 14.9 Å². The van der Waals surface area contributed by atoms with E-state index in [2.05, 4.69) is 10.3 Å². The predicted molar refractivity (Wildman–Crippen MR) is 93.3 cm³/mol. The molecule has 120 valence electrons. The molecule has 0 bridgehead atoms. The van der Waals surface area contributed by atoms with Gasteiger partial charge in [-0.2, -0.15) is 0 Å². The van der Waals surface area contributed by atoms with Gasteiger partial charge < -0.3 is 5.32 Å². The summed E-state index contributed by atoms with van der Waals surface area (Å²) in [5, 5.41) is 14.3. The highest BCUT2D eigenvalue weighted by molar-refractivity contribution is 7.17. The molecule has 1 N–H and O–H groups in total. The van der Waals surface area contributed by atoms with Crippen molar-refractivity contribution in [2.45, 2.75) is 6.92 Å². The molecule has 0 spiro atoms. The number of non-ortho nitro benzene ring substituents is 1. The molecule has 6 nitrogen and oxygen atoms in total. The predicted octanol–water partition coefficient (Wildman–Crippen LogP) is 4.28. The number of benzene rings is 2. The van der Waals surface area contributed by atoms with E-state index in [0.29, 0.717) is 26.8 Å². The van der Waals surface area contributed by atoms with E-state index >= 15 is 0 Å². The van der Waals surface area contributed by atoms with Crippen LogP contribution in [0.2, 0.25) is 0 Å². The number of anilines is 1. The van der Waals surface area contributed by atoms with E-state index in [9.17, 15) is 14.9 Å². The number of nitrogens with zero attached hydrogens (tertiary/aromatic N) is 2. The lowest BCUT2D eigenvalue weighted by molar-refractivity contribution is -0.384. The van der Waals surface area contributed by atoms with Crippen molar-refractivity contribution < 1.29 is 9.72 Å². The number of thiazole rings is 1. The first-order chi connectivity index (χ1) is 11.5. The monoisotopic (exact) mass is 339 g/mol. The third-order valence-corrected chi connectivity index (χ3v) is 4.54. The van der Waals surface area contributed by atoms with Crippen LogP contribution in [0.1, 0.15) is 15.4 Å². The SMILES string of the molecule is Cc1nc(-c2cccc([N+](=O)[O-])c2)sc1C(=O)Nc1ccccc1. The molecule has 3 aromatic rings. The van der Waals surface area contributed by atoms with Crippen molar-refractivity contribution in [2.24, 2.45) is 0 Å². The number of carbonyl (C=O) groups excluding carboxylic acids is 1. The van der Waals surface area contributed by atoms with Gasteiger partial charge in [-0.25, -0.2) is 4.98 Å². The van der Waals surface area contributed by atoms with E-state index in [0.717, 1.165) is 0 Å². The Morgan fingerprint density at radius 3 is 2.62 bits per heavy atom. The third-order valence-electron chi connectivity index (χ3n) is 3.34. The largest absolute Gasteiger partial charge is 0.321 e. The second kappa shape index (κ2) is 6.59. The van der Waals surface area contributed by atoms with Gasteiger partial charge in [0.05, 0.1) is 10.6 Å². The number of nitro groups is 1. The fraction of sp³-hybridized carbons (Fsp3) is 0.0588. The standard InChI is InChI=1S/C17H13N3O3S/c1-11-15(16(21)19-13-7-3-2-4-8-13)24-17(18-11)12-6-5-9-14(10-12)20(22)23/h2-10H,1H3,(H,19,21). The summed E-state index contributed by atoms with van der Waals surface area (Å²) >= 11 is 1.21. The molecule has 0 aliphatic carbocycles. The third kappa shape index (κ3) is 3.31. The van der Waals surface area contributed by atoms with Crippen LogP contribution < -0.4 is 5.32 Å². The summed E-state index contributed by atoms with van der Waals surface area (Å²) in [6.07, 6.45) is 0. The van der Waals surface area contributed by atoms with Gasteiger partial charge in [-0.05, 0) is 19.1 Å². The Kier molecular flexibility index (Phi) is 4.35. The maximum absolute atomic E-state index is 12.4. The summed E-state index contributed by atoms with van der Waals surface area (Å²) < 4.78 is 0. The second-order valence-corrected chi connectivity index (χ2v) is 6.06. The van der Waals surface area contributed by atoms with Crippen LogP contribution >= 0.6 is 11.3 Å². The lowest BCUT2D eigenvalue weighted by atomic mass is 10.2. The Labute approximate surface area is 141 Å². The highest BCUT2D eigenvalue weighted by Gasteiger charge is 2.17. The Morgan fingerprint density at radius 2 is 1.92 bits per heavy atom. The summed E-state index contributed by atoms with van der Waals surface area (Å²) in [5.41, 5.74) is 1.91. The topological polar surface area (TPSA) is 85.1 Å². The number of rotatable bonds is 4. The zero-order valence-electron chi connectivity index (χ0n) is 12.7. The Balaban J connectivity index is 1.89. The molecule has 0 unspecified atom stereocenters. The molecule has 0 fully saturated rings. The number of hydrogen-bond acceptors (Lipinski definition) is 5. The molecule has 24 heavy (non-hydrogen) atoms. The zero-order valence-corrected chi connectivity index (χ0v) is 13.5. The van der Waals surface area contributed by atoms with Crippen molar-refractivity contribution in [3.05, 3.63) is 75.3 Å². The summed E-state index contributed by atoms with van der Waals surface area (Å²) in [6.45, 7) is 1.75. The van der Waals surface area contributed by atoms with E-state index in [-0.39, 0.29) is 11.6 Å². The molecule has 3 rings (SSSR count). The summed E-state index contributed by atoms with van der Waals surface area (Å²) in [6, 6.07) is 15.4. The lowest BCUT2D eigenvalue weighted by Crippen LogP contribution is -2.11. The average Bonchev–Trinajstić information content (AvgIpc) is 2.98. The van der Waals surface area contributed by atoms with Crippen LogP contribution in [0.4, 0.5) is 11.4 Å². The first kappa shape index (κ1) is 15.8. The number of para-hydroxylation sites is 1. The molecule has 0 atom stereocenters. The molecule has 0 saturated carbocycles. The van der Waals surface area contributed by atoms with Crippen molar-refractivity contribution in [3.8, 4) is 10.6 Å². The molecular weight excluding hydrogens is 326 g/mol. The van der Waals surface area contributed by atoms with Crippen molar-refractivity contribution in [2.75, 3.05) is 5.32 Å². The minimum absolute atomic E-state index is 0.00404. The van der Waals surface area contributed by atoms with Crippen LogP contribution in [0.5, 0.6) is 0 Å². The maximum Gasteiger partial charge on any atom is 0.270 e. The van der Waals surface area contributed by atoms with Crippen molar-refractivity contribution in [1.29, 1.82) is 0 Å². The van der Waals surface area contributed by atoms with Gasteiger partial charge in [0, 0.05) is 23.4 Å². The van der Waals surface area contributed by atoms with Gasteiger partial charge in [0.2, 0.25) is 0 Å². The highest BCUT2D eigenvalue weighted by Crippen LogP contribution is 2.30. The molecular formula is C17H13N3O3S. The van der Waals surface area contributed by atoms with Crippen LogP contribution in [0.3, 0.4) is 0 Å².